The summed E-state index contributed by atoms with van der Waals surface area (Å²) >= 11 is 6.51. The van der Waals surface area contributed by atoms with Gasteiger partial charge in [0.25, 0.3) is 5.91 Å². The van der Waals surface area contributed by atoms with Crippen LogP contribution >= 0.6 is 11.6 Å². The Bertz CT molecular complexity index is 1030. The highest BCUT2D eigenvalue weighted by molar-refractivity contribution is 6.33. The van der Waals surface area contributed by atoms with Crippen LogP contribution in [0.25, 0.3) is 5.69 Å². The number of aromatic nitrogens is 2. The second-order valence-electron chi connectivity index (χ2n) is 7.15. The molecule has 7 heteroatoms. The summed E-state index contributed by atoms with van der Waals surface area (Å²) < 4.78 is 19.9. The summed E-state index contributed by atoms with van der Waals surface area (Å²) in [4.78, 5) is 15.0. The van der Waals surface area contributed by atoms with E-state index >= 15 is 0 Å². The number of nitrogens with zero attached hydrogens (tertiary/aromatic N) is 3. The van der Waals surface area contributed by atoms with Gasteiger partial charge in [-0.2, -0.15) is 5.10 Å². The Balaban J connectivity index is 1.55. The standard InChI is InChI=1S/C22H21ClFN3O2/c1-14-20(21(23)27(25-14)18-7-5-17(24)6-8-18)22(28)26-12-11-16(13-26)15-3-9-19(29-2)10-4-15/h3-10,16H,11-13H2,1-2H3. The van der Waals surface area contributed by atoms with Crippen LogP contribution in [0.2, 0.25) is 5.15 Å². The monoisotopic (exact) mass is 413 g/mol. The zero-order chi connectivity index (χ0) is 20.5. The molecule has 1 unspecified atom stereocenters. The minimum Gasteiger partial charge on any atom is -0.497 e. The maximum Gasteiger partial charge on any atom is 0.258 e. The molecule has 1 aromatic heterocycles. The topological polar surface area (TPSA) is 47.4 Å². The predicted molar refractivity (Wildman–Crippen MR) is 110 cm³/mol. The van der Waals surface area contributed by atoms with Crippen molar-refractivity contribution in [2.75, 3.05) is 20.2 Å². The minimum absolute atomic E-state index is 0.128. The summed E-state index contributed by atoms with van der Waals surface area (Å²) in [6.45, 7) is 3.05. The Kier molecular flexibility index (Phi) is 5.28. The first-order valence-electron chi connectivity index (χ1n) is 9.42. The number of benzene rings is 2. The Hall–Kier alpha value is -2.86. The number of amides is 1. The molecule has 2 aromatic carbocycles. The van der Waals surface area contributed by atoms with Gasteiger partial charge in [0.15, 0.2) is 0 Å². The van der Waals surface area contributed by atoms with Crippen molar-refractivity contribution in [3.63, 3.8) is 0 Å². The highest BCUT2D eigenvalue weighted by atomic mass is 35.5. The molecule has 5 nitrogen and oxygen atoms in total. The number of halogens is 2. The quantitative estimate of drug-likeness (QED) is 0.627. The molecule has 1 atom stereocenters. The fourth-order valence-corrected chi connectivity index (χ4v) is 4.10. The van der Waals surface area contributed by atoms with Crippen LogP contribution in [0.1, 0.15) is 34.0 Å². The van der Waals surface area contributed by atoms with E-state index in [2.05, 4.69) is 5.10 Å². The van der Waals surface area contributed by atoms with Crippen molar-refractivity contribution in [3.8, 4) is 11.4 Å². The first kappa shape index (κ1) is 19.5. The second kappa shape index (κ2) is 7.87. The zero-order valence-corrected chi connectivity index (χ0v) is 17.0. The fraction of sp³-hybridized carbons (Fsp3) is 0.273. The summed E-state index contributed by atoms with van der Waals surface area (Å²) in [5.74, 6) is 0.620. The van der Waals surface area contributed by atoms with Gasteiger partial charge in [0.1, 0.15) is 16.7 Å². The van der Waals surface area contributed by atoms with Gasteiger partial charge in [-0.1, -0.05) is 23.7 Å². The summed E-state index contributed by atoms with van der Waals surface area (Å²) in [5, 5.41) is 4.64. The van der Waals surface area contributed by atoms with Crippen LogP contribution in [0.3, 0.4) is 0 Å². The smallest absolute Gasteiger partial charge is 0.258 e. The number of ether oxygens (including phenoxy) is 1. The van der Waals surface area contributed by atoms with Gasteiger partial charge in [-0.15, -0.1) is 0 Å². The van der Waals surface area contributed by atoms with E-state index in [0.29, 0.717) is 30.0 Å². The lowest BCUT2D eigenvalue weighted by Crippen LogP contribution is -2.29. The Morgan fingerprint density at radius 1 is 1.17 bits per heavy atom. The lowest BCUT2D eigenvalue weighted by molar-refractivity contribution is 0.0790. The molecule has 1 aliphatic heterocycles. The number of hydrogen-bond acceptors (Lipinski definition) is 3. The number of methoxy groups -OCH3 is 1. The van der Waals surface area contributed by atoms with Gasteiger partial charge in [0, 0.05) is 19.0 Å². The molecule has 0 aliphatic carbocycles. The molecular weight excluding hydrogens is 393 g/mol. The van der Waals surface area contributed by atoms with E-state index in [1.807, 2.05) is 29.2 Å². The summed E-state index contributed by atoms with van der Waals surface area (Å²) in [7, 11) is 1.64. The third-order valence-corrected chi connectivity index (χ3v) is 5.70. The molecule has 0 radical (unpaired) electrons. The molecule has 0 saturated carbocycles. The van der Waals surface area contributed by atoms with Crippen LogP contribution in [-0.2, 0) is 0 Å². The van der Waals surface area contributed by atoms with Crippen molar-refractivity contribution in [1.29, 1.82) is 0 Å². The van der Waals surface area contributed by atoms with E-state index in [4.69, 9.17) is 16.3 Å². The molecule has 150 valence electrons. The number of carbonyl (C=O) groups is 1. The van der Waals surface area contributed by atoms with Gasteiger partial charge in [-0.3, -0.25) is 4.79 Å². The van der Waals surface area contributed by atoms with Crippen LogP contribution < -0.4 is 4.74 Å². The van der Waals surface area contributed by atoms with Crippen molar-refractivity contribution in [2.45, 2.75) is 19.3 Å². The molecule has 1 fully saturated rings. The van der Waals surface area contributed by atoms with E-state index in [-0.39, 0.29) is 22.8 Å². The maximum atomic E-state index is 13.2. The van der Waals surface area contributed by atoms with Gasteiger partial charge in [0.05, 0.1) is 24.1 Å². The van der Waals surface area contributed by atoms with E-state index in [1.54, 1.807) is 26.2 Å². The number of aryl methyl sites for hydroxylation is 1. The molecule has 4 rings (SSSR count). The Labute approximate surface area is 173 Å². The van der Waals surface area contributed by atoms with Crippen LogP contribution in [0, 0.1) is 12.7 Å². The van der Waals surface area contributed by atoms with Gasteiger partial charge in [0.2, 0.25) is 0 Å². The molecule has 2 heterocycles. The lowest BCUT2D eigenvalue weighted by Gasteiger charge is -2.17. The number of hydrogen-bond donors (Lipinski definition) is 0. The average molecular weight is 414 g/mol. The maximum absolute atomic E-state index is 13.2. The fourth-order valence-electron chi connectivity index (χ4n) is 3.75. The minimum atomic E-state index is -0.341. The van der Waals surface area contributed by atoms with Gasteiger partial charge in [-0.25, -0.2) is 9.07 Å². The van der Waals surface area contributed by atoms with Crippen LogP contribution in [0.4, 0.5) is 4.39 Å². The van der Waals surface area contributed by atoms with Gasteiger partial charge >= 0.3 is 0 Å². The normalized spacial score (nSPS) is 16.3. The van der Waals surface area contributed by atoms with E-state index in [9.17, 15) is 9.18 Å². The number of likely N-dealkylation sites (tertiary alicyclic amines) is 1. The van der Waals surface area contributed by atoms with E-state index in [1.165, 1.54) is 22.4 Å². The van der Waals surface area contributed by atoms with Crippen molar-refractivity contribution in [2.24, 2.45) is 0 Å². The molecule has 0 N–H and O–H groups in total. The van der Waals surface area contributed by atoms with Crippen molar-refractivity contribution in [3.05, 3.63) is 76.3 Å². The molecular formula is C22H21ClFN3O2. The Morgan fingerprint density at radius 3 is 2.52 bits per heavy atom. The van der Waals surface area contributed by atoms with Crippen molar-refractivity contribution < 1.29 is 13.9 Å². The van der Waals surface area contributed by atoms with Crippen molar-refractivity contribution in [1.82, 2.24) is 14.7 Å². The molecule has 0 spiro atoms. The van der Waals surface area contributed by atoms with Crippen molar-refractivity contribution >= 4 is 17.5 Å². The third-order valence-electron chi connectivity index (χ3n) is 5.35. The zero-order valence-electron chi connectivity index (χ0n) is 16.2. The average Bonchev–Trinajstić information content (AvgIpc) is 3.33. The SMILES string of the molecule is COc1ccc(C2CCN(C(=O)c3c(C)nn(-c4ccc(F)cc4)c3Cl)C2)cc1. The van der Waals surface area contributed by atoms with Crippen LogP contribution in [0.15, 0.2) is 48.5 Å². The summed E-state index contributed by atoms with van der Waals surface area (Å²) in [6, 6.07) is 13.8. The predicted octanol–water partition coefficient (Wildman–Crippen LogP) is 4.61. The molecule has 1 aliphatic rings. The van der Waals surface area contributed by atoms with Gasteiger partial charge < -0.3 is 9.64 Å². The van der Waals surface area contributed by atoms with Gasteiger partial charge in [-0.05, 0) is 55.3 Å². The molecule has 1 amide bonds. The molecule has 0 bridgehead atoms. The largest absolute Gasteiger partial charge is 0.497 e. The summed E-state index contributed by atoms with van der Waals surface area (Å²) in [5.41, 5.74) is 2.74. The first-order chi connectivity index (χ1) is 14.0. The second-order valence-corrected chi connectivity index (χ2v) is 7.51. The summed E-state index contributed by atoms with van der Waals surface area (Å²) in [6.07, 6.45) is 0.890. The molecule has 29 heavy (non-hydrogen) atoms. The lowest BCUT2D eigenvalue weighted by atomic mass is 9.98. The molecule has 3 aromatic rings. The highest BCUT2D eigenvalue weighted by Crippen LogP contribution is 2.31. The number of carbonyl (C=O) groups excluding carboxylic acids is 1. The first-order valence-corrected chi connectivity index (χ1v) is 9.80. The molecule has 1 saturated heterocycles. The van der Waals surface area contributed by atoms with E-state index < -0.39 is 0 Å². The third kappa shape index (κ3) is 3.72. The Morgan fingerprint density at radius 2 is 1.86 bits per heavy atom. The van der Waals surface area contributed by atoms with Crippen LogP contribution in [-0.4, -0.2) is 40.8 Å². The van der Waals surface area contributed by atoms with Crippen LogP contribution in [0.5, 0.6) is 5.75 Å². The van der Waals surface area contributed by atoms with E-state index in [0.717, 1.165) is 12.2 Å². The highest BCUT2D eigenvalue weighted by Gasteiger charge is 2.31. The number of rotatable bonds is 4.